The molecule has 0 bridgehead atoms. The van der Waals surface area contributed by atoms with Crippen LogP contribution in [0.25, 0.3) is 0 Å². The lowest BCUT2D eigenvalue weighted by molar-refractivity contribution is 0.0773. The number of rotatable bonds is 5. The molecule has 0 spiro atoms. The van der Waals surface area contributed by atoms with Crippen LogP contribution < -0.4 is 4.74 Å². The fourth-order valence-corrected chi connectivity index (χ4v) is 3.39. The van der Waals surface area contributed by atoms with Crippen LogP contribution in [-0.2, 0) is 0 Å². The Morgan fingerprint density at radius 3 is 2.60 bits per heavy atom. The van der Waals surface area contributed by atoms with Crippen LogP contribution in [0.4, 0.5) is 0 Å². The third-order valence-corrected chi connectivity index (χ3v) is 4.92. The average molecular weight is 335 g/mol. The van der Waals surface area contributed by atoms with Gasteiger partial charge in [-0.2, -0.15) is 5.26 Å². The molecule has 2 aromatic rings. The number of hydrogen-bond acceptors (Lipinski definition) is 4. The van der Waals surface area contributed by atoms with Gasteiger partial charge in [-0.15, -0.1) is 0 Å². The molecule has 0 aromatic heterocycles. The molecule has 0 amide bonds. The maximum atomic E-state index is 9.79. The highest BCUT2D eigenvalue weighted by atomic mass is 16.5. The van der Waals surface area contributed by atoms with E-state index in [0.29, 0.717) is 6.04 Å². The number of ether oxygens (including phenoxy) is 1. The van der Waals surface area contributed by atoms with Crippen molar-refractivity contribution in [2.75, 3.05) is 26.7 Å². The Morgan fingerprint density at radius 1 is 1.12 bits per heavy atom. The van der Waals surface area contributed by atoms with Gasteiger partial charge in [0, 0.05) is 25.7 Å². The smallest absolute Gasteiger partial charge is 0.127 e. The zero-order valence-corrected chi connectivity index (χ0v) is 14.9. The van der Waals surface area contributed by atoms with E-state index in [1.54, 1.807) is 0 Å². The maximum absolute atomic E-state index is 9.79. The van der Waals surface area contributed by atoms with E-state index >= 15 is 0 Å². The summed E-state index contributed by atoms with van der Waals surface area (Å²) in [6.07, 6.45) is 1.10. The molecule has 2 atom stereocenters. The van der Waals surface area contributed by atoms with Gasteiger partial charge in [-0.1, -0.05) is 37.3 Å². The van der Waals surface area contributed by atoms with E-state index in [1.807, 2.05) is 54.6 Å². The second-order valence-corrected chi connectivity index (χ2v) is 6.56. The van der Waals surface area contributed by atoms with Gasteiger partial charge < -0.3 is 9.64 Å². The molecule has 3 rings (SSSR count). The van der Waals surface area contributed by atoms with Crippen LogP contribution in [0.5, 0.6) is 11.5 Å². The summed E-state index contributed by atoms with van der Waals surface area (Å²) >= 11 is 0. The molecule has 2 aromatic carbocycles. The molecule has 0 N–H and O–H groups in total. The van der Waals surface area contributed by atoms with Crippen LogP contribution >= 0.6 is 0 Å². The number of nitriles is 1. The van der Waals surface area contributed by atoms with Crippen molar-refractivity contribution in [3.8, 4) is 17.6 Å². The Bertz CT molecular complexity index is 725. The molecule has 1 aliphatic rings. The third kappa shape index (κ3) is 4.19. The van der Waals surface area contributed by atoms with Crippen molar-refractivity contribution >= 4 is 0 Å². The van der Waals surface area contributed by atoms with Crippen molar-refractivity contribution in [2.24, 2.45) is 0 Å². The van der Waals surface area contributed by atoms with Crippen LogP contribution in [0.2, 0.25) is 0 Å². The highest BCUT2D eigenvalue weighted by Gasteiger charge is 2.29. The Kier molecular flexibility index (Phi) is 5.70. The highest BCUT2D eigenvalue weighted by Crippen LogP contribution is 2.28. The highest BCUT2D eigenvalue weighted by molar-refractivity contribution is 5.36. The van der Waals surface area contributed by atoms with Crippen molar-refractivity contribution in [3.63, 3.8) is 0 Å². The topological polar surface area (TPSA) is 39.5 Å². The van der Waals surface area contributed by atoms with E-state index in [9.17, 15) is 5.26 Å². The van der Waals surface area contributed by atoms with E-state index in [0.717, 1.165) is 43.1 Å². The number of nitrogens with zero attached hydrogens (tertiary/aromatic N) is 3. The number of likely N-dealkylation sites (N-methyl/N-ethyl adjacent to an activating group) is 1. The summed E-state index contributed by atoms with van der Waals surface area (Å²) in [4.78, 5) is 4.68. The first-order chi connectivity index (χ1) is 12.2. The zero-order valence-electron chi connectivity index (χ0n) is 14.9. The van der Waals surface area contributed by atoms with Gasteiger partial charge in [-0.3, -0.25) is 4.90 Å². The molecule has 0 aliphatic carbocycles. The summed E-state index contributed by atoms with van der Waals surface area (Å²) in [5, 5.41) is 9.79. The Morgan fingerprint density at radius 2 is 1.88 bits per heavy atom. The van der Waals surface area contributed by atoms with Gasteiger partial charge in [0.05, 0.1) is 6.07 Å². The molecule has 25 heavy (non-hydrogen) atoms. The molecule has 1 saturated heterocycles. The van der Waals surface area contributed by atoms with Gasteiger partial charge in [0.25, 0.3) is 0 Å². The molecule has 1 fully saturated rings. The summed E-state index contributed by atoms with van der Waals surface area (Å²) in [6, 6.07) is 20.4. The van der Waals surface area contributed by atoms with Gasteiger partial charge in [0.1, 0.15) is 17.5 Å². The molecular weight excluding hydrogens is 310 g/mol. The molecule has 0 radical (unpaired) electrons. The molecule has 4 heteroatoms. The van der Waals surface area contributed by atoms with Crippen LogP contribution in [0.15, 0.2) is 54.6 Å². The van der Waals surface area contributed by atoms with E-state index in [4.69, 9.17) is 4.74 Å². The van der Waals surface area contributed by atoms with Crippen LogP contribution in [0.1, 0.15) is 24.9 Å². The number of hydrogen-bond donors (Lipinski definition) is 0. The third-order valence-electron chi connectivity index (χ3n) is 4.92. The molecule has 0 saturated carbocycles. The number of para-hydroxylation sites is 1. The Labute approximate surface area is 150 Å². The first-order valence-electron chi connectivity index (χ1n) is 8.88. The summed E-state index contributed by atoms with van der Waals surface area (Å²) in [5.41, 5.74) is 0.996. The lowest BCUT2D eigenvalue weighted by Gasteiger charge is -2.41. The zero-order chi connectivity index (χ0) is 17.6. The molecule has 1 aliphatic heterocycles. The van der Waals surface area contributed by atoms with Crippen molar-refractivity contribution in [3.05, 3.63) is 60.2 Å². The minimum Gasteiger partial charge on any atom is -0.457 e. The number of piperazine rings is 1. The van der Waals surface area contributed by atoms with Crippen molar-refractivity contribution in [1.82, 2.24) is 9.80 Å². The average Bonchev–Trinajstić information content (AvgIpc) is 2.65. The normalized spacial score (nSPS) is 20.0. The van der Waals surface area contributed by atoms with Gasteiger partial charge in [0.15, 0.2) is 0 Å². The molecule has 1 heterocycles. The van der Waals surface area contributed by atoms with Gasteiger partial charge in [-0.05, 0) is 43.3 Å². The molecule has 2 unspecified atom stereocenters. The lowest BCUT2D eigenvalue weighted by atomic mass is 10.0. The van der Waals surface area contributed by atoms with E-state index in [1.165, 1.54) is 0 Å². The van der Waals surface area contributed by atoms with Crippen molar-refractivity contribution in [1.29, 1.82) is 5.26 Å². The van der Waals surface area contributed by atoms with Crippen LogP contribution in [0.3, 0.4) is 0 Å². The molecule has 4 nitrogen and oxygen atoms in total. The predicted octanol–water partition coefficient (Wildman–Crippen LogP) is 4.07. The summed E-state index contributed by atoms with van der Waals surface area (Å²) in [5.74, 6) is 1.57. The lowest BCUT2D eigenvalue weighted by Crippen LogP contribution is -2.51. The minimum atomic E-state index is -0.234. The summed E-state index contributed by atoms with van der Waals surface area (Å²) in [7, 11) is 2.17. The quantitative estimate of drug-likeness (QED) is 0.826. The second kappa shape index (κ2) is 8.15. The predicted molar refractivity (Wildman–Crippen MR) is 99.6 cm³/mol. The first kappa shape index (κ1) is 17.5. The van der Waals surface area contributed by atoms with Gasteiger partial charge in [-0.25, -0.2) is 0 Å². The fraction of sp³-hybridized carbons (Fsp3) is 0.381. The molecular formula is C21H25N3O. The first-order valence-corrected chi connectivity index (χ1v) is 8.88. The van der Waals surface area contributed by atoms with Crippen molar-refractivity contribution < 1.29 is 4.74 Å². The second-order valence-electron chi connectivity index (χ2n) is 6.56. The fourth-order valence-electron chi connectivity index (χ4n) is 3.39. The Hall–Kier alpha value is -2.35. The minimum absolute atomic E-state index is 0.234. The van der Waals surface area contributed by atoms with Crippen molar-refractivity contribution in [2.45, 2.75) is 25.4 Å². The van der Waals surface area contributed by atoms with E-state index < -0.39 is 0 Å². The standard InChI is InChI=1S/C21H25N3O/c1-3-18-16-24(13-12-23(18)2)21(15-22)17-8-7-11-20(14-17)25-19-9-5-4-6-10-19/h4-11,14,18,21H,3,12-13,16H2,1-2H3. The van der Waals surface area contributed by atoms with Crippen LogP contribution in [0, 0.1) is 11.3 Å². The number of benzene rings is 2. The monoisotopic (exact) mass is 335 g/mol. The Balaban J connectivity index is 1.77. The summed E-state index contributed by atoms with van der Waals surface area (Å²) < 4.78 is 5.92. The van der Waals surface area contributed by atoms with Crippen LogP contribution in [-0.4, -0.2) is 42.5 Å². The van der Waals surface area contributed by atoms with E-state index in [2.05, 4.69) is 29.8 Å². The maximum Gasteiger partial charge on any atom is 0.127 e. The summed E-state index contributed by atoms with van der Waals surface area (Å²) in [6.45, 7) is 5.04. The van der Waals surface area contributed by atoms with Gasteiger partial charge >= 0.3 is 0 Å². The van der Waals surface area contributed by atoms with E-state index in [-0.39, 0.29) is 6.04 Å². The van der Waals surface area contributed by atoms with Gasteiger partial charge in [0.2, 0.25) is 0 Å². The SMILES string of the molecule is CCC1CN(C(C#N)c2cccc(Oc3ccccc3)c2)CCN1C. The largest absolute Gasteiger partial charge is 0.457 e. The molecule has 130 valence electrons.